The number of hydrogen-bond acceptors (Lipinski definition) is 12. The minimum Gasteiger partial charge on any atom is -0.446 e. The molecule has 0 spiro atoms. The van der Waals surface area contributed by atoms with Crippen molar-refractivity contribution in [1.82, 2.24) is 34.8 Å². The number of furan rings is 1. The van der Waals surface area contributed by atoms with Crippen LogP contribution in [0.5, 0.6) is 0 Å². The molecule has 58 heavy (non-hydrogen) atoms. The van der Waals surface area contributed by atoms with Crippen LogP contribution in [-0.4, -0.2) is 54.9 Å². The number of aromatic amines is 2. The maximum atomic E-state index is 13.1. The second kappa shape index (κ2) is 16.2. The number of fused-ring (bicyclic) bond motifs is 2. The molecule has 0 radical (unpaired) electrons. The van der Waals surface area contributed by atoms with Gasteiger partial charge in [-0.25, -0.2) is 24.3 Å². The van der Waals surface area contributed by atoms with Crippen LogP contribution >= 0.6 is 0 Å². The first-order valence-corrected chi connectivity index (χ1v) is 18.4. The van der Waals surface area contributed by atoms with Gasteiger partial charge in [0.05, 0.1) is 16.5 Å². The summed E-state index contributed by atoms with van der Waals surface area (Å²) in [5.41, 5.74) is 9.91. The third-order valence-corrected chi connectivity index (χ3v) is 9.98. The largest absolute Gasteiger partial charge is 0.446 e. The van der Waals surface area contributed by atoms with Crippen LogP contribution < -0.4 is 27.5 Å². The highest BCUT2D eigenvalue weighted by molar-refractivity contribution is 6.01. The molecule has 15 heteroatoms. The van der Waals surface area contributed by atoms with E-state index in [4.69, 9.17) is 20.4 Å². The van der Waals surface area contributed by atoms with Gasteiger partial charge in [0.2, 0.25) is 11.7 Å². The number of nitriles is 1. The van der Waals surface area contributed by atoms with Gasteiger partial charge < -0.3 is 35.7 Å². The Kier molecular flexibility index (Phi) is 10.4. The Morgan fingerprint density at radius 1 is 0.828 bits per heavy atom. The number of anilines is 5. The summed E-state index contributed by atoms with van der Waals surface area (Å²) >= 11 is 0. The summed E-state index contributed by atoms with van der Waals surface area (Å²) in [5, 5.41) is 17.5. The third-order valence-electron chi connectivity index (χ3n) is 9.98. The maximum Gasteiger partial charge on any atom is 0.259 e. The van der Waals surface area contributed by atoms with Crippen LogP contribution in [0, 0.1) is 17.1 Å². The molecule has 2 aromatic carbocycles. The first-order chi connectivity index (χ1) is 28.2. The average Bonchev–Trinajstić information content (AvgIpc) is 3.72. The third kappa shape index (κ3) is 7.99. The summed E-state index contributed by atoms with van der Waals surface area (Å²) in [6.45, 7) is 2.26. The second-order valence-electron chi connectivity index (χ2n) is 13.8. The molecule has 9 rings (SSSR count). The zero-order valence-electron chi connectivity index (χ0n) is 31.2. The van der Waals surface area contributed by atoms with Crippen molar-refractivity contribution < 1.29 is 8.81 Å². The number of halogens is 1. The molecule has 0 bridgehead atoms. The van der Waals surface area contributed by atoms with E-state index in [9.17, 15) is 14.0 Å². The number of nitrogens with zero attached hydrogens (tertiary/aromatic N) is 6. The number of benzene rings is 2. The first kappa shape index (κ1) is 37.2. The smallest absolute Gasteiger partial charge is 0.259 e. The highest BCUT2D eigenvalue weighted by Crippen LogP contribution is 2.33. The van der Waals surface area contributed by atoms with Crippen LogP contribution in [0.3, 0.4) is 0 Å². The number of rotatable bonds is 7. The minimum atomic E-state index is -0.354. The lowest BCUT2D eigenvalue weighted by atomic mass is 9.89. The predicted molar refractivity (Wildman–Crippen MR) is 221 cm³/mol. The highest BCUT2D eigenvalue weighted by Gasteiger charge is 2.19. The van der Waals surface area contributed by atoms with Crippen molar-refractivity contribution in [2.75, 3.05) is 36.5 Å². The number of pyridine rings is 4. The maximum absolute atomic E-state index is 13.1. The molecule has 1 aliphatic heterocycles. The zero-order chi connectivity index (χ0) is 40.2. The van der Waals surface area contributed by atoms with E-state index in [0.717, 1.165) is 29.7 Å². The molecular weight excluding hydrogens is 738 g/mol. The fourth-order valence-electron chi connectivity index (χ4n) is 6.95. The van der Waals surface area contributed by atoms with Crippen LogP contribution in [-0.2, 0) is 0 Å². The molecule has 1 saturated heterocycles. The number of nitrogens with two attached hydrogens (primary N) is 1. The lowest BCUT2D eigenvalue weighted by Gasteiger charge is -2.29. The summed E-state index contributed by atoms with van der Waals surface area (Å²) in [4.78, 5) is 49.9. The van der Waals surface area contributed by atoms with Gasteiger partial charge in [0.25, 0.3) is 11.1 Å². The molecule has 1 fully saturated rings. The van der Waals surface area contributed by atoms with E-state index in [-0.39, 0.29) is 28.6 Å². The highest BCUT2D eigenvalue weighted by atomic mass is 19.1. The Morgan fingerprint density at radius 3 is 2.17 bits per heavy atom. The van der Waals surface area contributed by atoms with Gasteiger partial charge in [0, 0.05) is 58.9 Å². The summed E-state index contributed by atoms with van der Waals surface area (Å²) in [6.07, 6.45) is 10.3. The molecule has 0 atom stereocenters. The van der Waals surface area contributed by atoms with Crippen molar-refractivity contribution in [1.29, 1.82) is 5.26 Å². The monoisotopic (exact) mass is 773 g/mol. The molecule has 288 valence electrons. The molecule has 14 nitrogen and oxygen atoms in total. The van der Waals surface area contributed by atoms with Crippen molar-refractivity contribution in [3.8, 4) is 28.7 Å². The van der Waals surface area contributed by atoms with E-state index in [0.29, 0.717) is 56.4 Å². The lowest BCUT2D eigenvalue weighted by molar-refractivity contribution is 0.255. The minimum absolute atomic E-state index is 0.173. The molecule has 6 N–H and O–H groups in total. The van der Waals surface area contributed by atoms with Gasteiger partial charge in [-0.3, -0.25) is 9.59 Å². The predicted octanol–water partition coefficient (Wildman–Crippen LogP) is 7.45. The van der Waals surface area contributed by atoms with Crippen LogP contribution in [0.25, 0.3) is 44.1 Å². The van der Waals surface area contributed by atoms with Crippen LogP contribution in [0.15, 0.2) is 124 Å². The van der Waals surface area contributed by atoms with Crippen molar-refractivity contribution >= 4 is 50.5 Å². The van der Waals surface area contributed by atoms with E-state index in [2.05, 4.69) is 71.8 Å². The van der Waals surface area contributed by atoms with Crippen LogP contribution in [0.4, 0.5) is 33.3 Å². The number of hydrogen-bond donors (Lipinski definition) is 5. The van der Waals surface area contributed by atoms with Gasteiger partial charge in [-0.2, -0.15) is 5.26 Å². The van der Waals surface area contributed by atoms with E-state index in [1.165, 1.54) is 36.7 Å². The number of aromatic nitrogens is 6. The molecule has 8 aromatic rings. The summed E-state index contributed by atoms with van der Waals surface area (Å²) in [6, 6.07) is 24.8. The van der Waals surface area contributed by atoms with Crippen molar-refractivity contribution in [2.45, 2.75) is 18.8 Å². The molecule has 6 aromatic heterocycles. The van der Waals surface area contributed by atoms with Gasteiger partial charge in [-0.1, -0.05) is 12.1 Å². The Bertz CT molecular complexity index is 2890. The lowest BCUT2D eigenvalue weighted by Crippen LogP contribution is -2.29. The fourth-order valence-corrected chi connectivity index (χ4v) is 6.95. The Hall–Kier alpha value is -7.70. The standard InChI is InChI=1S/C24H25N7O.C19H11FN4O2/c1-31-10-7-16(8-11-31)15-2-4-19(5-3-15)29-22-21-17(6-9-26-23(21)32)12-20(30-22)18-13-27-24(25)28-14-18;20-11-1-3-12(4-2-11)24-18-17-14(7-8-22-19(17)25)15(10-23-18)16-6-5-13(9-21)26-16/h2-6,9,12-14,16H,7-8,10-11H2,1H3,(H,26,32)(H,29,30)(H2,25,27,28);1-8,10H,(H,22,25)(H,23,24). The SMILES string of the molecule is CN1CCC(c2ccc(Nc3nc(-c4cnc(N)nc4)cc4cc[nH]c(=O)c34)cc2)CC1.N#Cc1ccc(-c2cnc(Nc3ccc(F)cc3)c3c(=O)[nH]ccc23)o1. The van der Waals surface area contributed by atoms with Crippen LogP contribution in [0.2, 0.25) is 0 Å². The Labute approximate surface area is 330 Å². The van der Waals surface area contributed by atoms with Crippen molar-refractivity contribution in [3.05, 3.63) is 148 Å². The Balaban J connectivity index is 0.000000165. The molecule has 0 aliphatic carbocycles. The fraction of sp³-hybridized carbons (Fsp3) is 0.140. The van der Waals surface area contributed by atoms with E-state index >= 15 is 0 Å². The number of piperidine rings is 1. The molecule has 1 aliphatic rings. The molecule has 0 amide bonds. The van der Waals surface area contributed by atoms with E-state index in [1.54, 1.807) is 55.1 Å². The van der Waals surface area contributed by atoms with Gasteiger partial charge >= 0.3 is 0 Å². The molecule has 7 heterocycles. The average molecular weight is 774 g/mol. The van der Waals surface area contributed by atoms with Gasteiger partial charge in [0.15, 0.2) is 0 Å². The normalized spacial score (nSPS) is 13.1. The molecular formula is C43H36FN11O3. The van der Waals surface area contributed by atoms with E-state index < -0.39 is 0 Å². The molecule has 0 unspecified atom stereocenters. The number of nitrogen functional groups attached to an aromatic ring is 1. The first-order valence-electron chi connectivity index (χ1n) is 18.4. The second-order valence-corrected chi connectivity index (χ2v) is 13.8. The van der Waals surface area contributed by atoms with Crippen molar-refractivity contribution in [2.24, 2.45) is 0 Å². The van der Waals surface area contributed by atoms with Crippen molar-refractivity contribution in [3.63, 3.8) is 0 Å². The van der Waals surface area contributed by atoms with Gasteiger partial charge in [-0.15, -0.1) is 0 Å². The summed E-state index contributed by atoms with van der Waals surface area (Å²) in [7, 11) is 2.17. The summed E-state index contributed by atoms with van der Waals surface area (Å²) in [5.74, 6) is 1.88. The van der Waals surface area contributed by atoms with Gasteiger partial charge in [0.1, 0.15) is 29.3 Å². The van der Waals surface area contributed by atoms with Gasteiger partial charge in [-0.05, 0) is 117 Å². The molecule has 0 saturated carbocycles. The zero-order valence-corrected chi connectivity index (χ0v) is 31.2. The Morgan fingerprint density at radius 2 is 1.48 bits per heavy atom. The number of nitrogens with one attached hydrogen (secondary N) is 4. The van der Waals surface area contributed by atoms with Crippen LogP contribution in [0.1, 0.15) is 30.1 Å². The number of likely N-dealkylation sites (tertiary alicyclic amines) is 1. The summed E-state index contributed by atoms with van der Waals surface area (Å²) < 4.78 is 18.5. The van der Waals surface area contributed by atoms with E-state index in [1.807, 2.05) is 18.2 Å². The quantitative estimate of drug-likeness (QED) is 0.107. The topological polar surface area (TPSA) is 208 Å². The number of H-pyrrole nitrogens is 2.